The molecule has 3 atom stereocenters. The van der Waals surface area contributed by atoms with Crippen molar-refractivity contribution in [2.24, 2.45) is 5.92 Å². The molecule has 1 aromatic rings. The van der Waals surface area contributed by atoms with Crippen molar-refractivity contribution in [3.05, 3.63) is 11.7 Å². The lowest BCUT2D eigenvalue weighted by atomic mass is 10.0. The van der Waals surface area contributed by atoms with E-state index in [1.54, 1.807) is 0 Å². The van der Waals surface area contributed by atoms with Crippen molar-refractivity contribution in [2.75, 3.05) is 13.1 Å². The summed E-state index contributed by atoms with van der Waals surface area (Å²) in [4.78, 5) is 7.05. The lowest BCUT2D eigenvalue weighted by molar-refractivity contribution is 0.209. The van der Waals surface area contributed by atoms with E-state index in [2.05, 4.69) is 15.0 Å². The van der Waals surface area contributed by atoms with Crippen LogP contribution in [0.5, 0.6) is 0 Å². The van der Waals surface area contributed by atoms with Crippen molar-refractivity contribution >= 4 is 0 Å². The third-order valence-electron chi connectivity index (χ3n) is 4.00. The minimum Gasteiger partial charge on any atom is -0.338 e. The van der Waals surface area contributed by atoms with E-state index in [0.717, 1.165) is 17.6 Å². The molecule has 0 radical (unpaired) electrons. The standard InChI is InChI=1S/C11H15N3O/c1-2-8(1)10-12-11(15-13-10)9-5-7-3-4-14(9)6-7/h7-9H,1-6H2. The van der Waals surface area contributed by atoms with Gasteiger partial charge in [-0.1, -0.05) is 5.16 Å². The first-order valence-corrected chi connectivity index (χ1v) is 5.98. The Balaban J connectivity index is 1.60. The van der Waals surface area contributed by atoms with Crippen molar-refractivity contribution < 1.29 is 4.52 Å². The summed E-state index contributed by atoms with van der Waals surface area (Å²) < 4.78 is 5.40. The normalized spacial score (nSPS) is 38.8. The highest BCUT2D eigenvalue weighted by Crippen LogP contribution is 2.43. The van der Waals surface area contributed by atoms with Gasteiger partial charge in [0.05, 0.1) is 6.04 Å². The van der Waals surface area contributed by atoms with E-state index in [1.165, 1.54) is 38.8 Å². The van der Waals surface area contributed by atoms with Gasteiger partial charge in [-0.25, -0.2) is 0 Å². The molecule has 4 heteroatoms. The van der Waals surface area contributed by atoms with E-state index < -0.39 is 0 Å². The molecule has 2 bridgehead atoms. The van der Waals surface area contributed by atoms with Crippen LogP contribution in [0.1, 0.15) is 49.4 Å². The number of hydrogen-bond acceptors (Lipinski definition) is 4. The van der Waals surface area contributed by atoms with Gasteiger partial charge in [-0.2, -0.15) is 4.98 Å². The average molecular weight is 205 g/mol. The van der Waals surface area contributed by atoms with Gasteiger partial charge in [0.2, 0.25) is 5.89 Å². The van der Waals surface area contributed by atoms with Crippen LogP contribution in [0.15, 0.2) is 4.52 Å². The summed E-state index contributed by atoms with van der Waals surface area (Å²) in [6, 6.07) is 0.434. The average Bonchev–Trinajstić information content (AvgIpc) is 2.74. The predicted octanol–water partition coefficient (Wildman–Crippen LogP) is 1.71. The third-order valence-corrected chi connectivity index (χ3v) is 4.00. The van der Waals surface area contributed by atoms with Crippen molar-refractivity contribution in [1.29, 1.82) is 0 Å². The van der Waals surface area contributed by atoms with Gasteiger partial charge in [-0.15, -0.1) is 0 Å². The van der Waals surface area contributed by atoms with Crippen molar-refractivity contribution in [1.82, 2.24) is 15.0 Å². The molecule has 4 rings (SSSR count). The molecule has 4 nitrogen and oxygen atoms in total. The lowest BCUT2D eigenvalue weighted by Gasteiger charge is -2.20. The molecular formula is C11H15N3O. The third kappa shape index (κ3) is 1.24. The summed E-state index contributed by atoms with van der Waals surface area (Å²) in [6.07, 6.45) is 5.08. The highest BCUT2D eigenvalue weighted by molar-refractivity contribution is 5.07. The maximum Gasteiger partial charge on any atom is 0.244 e. The number of fused-ring (bicyclic) bond motifs is 2. The monoisotopic (exact) mass is 205 g/mol. The Morgan fingerprint density at radius 3 is 2.87 bits per heavy atom. The summed E-state index contributed by atoms with van der Waals surface area (Å²) in [5, 5.41) is 4.09. The van der Waals surface area contributed by atoms with Gasteiger partial charge in [0.15, 0.2) is 5.82 Å². The fourth-order valence-electron chi connectivity index (χ4n) is 2.95. The van der Waals surface area contributed by atoms with Crippen molar-refractivity contribution in [2.45, 2.75) is 37.6 Å². The van der Waals surface area contributed by atoms with Crippen LogP contribution in [0.25, 0.3) is 0 Å². The quantitative estimate of drug-likeness (QED) is 0.737. The number of piperidine rings is 1. The summed E-state index contributed by atoms with van der Waals surface area (Å²) in [7, 11) is 0. The minimum absolute atomic E-state index is 0.434. The molecule has 1 aliphatic carbocycles. The van der Waals surface area contributed by atoms with Gasteiger partial charge in [0.25, 0.3) is 0 Å². The topological polar surface area (TPSA) is 42.2 Å². The fourth-order valence-corrected chi connectivity index (χ4v) is 2.95. The van der Waals surface area contributed by atoms with Crippen LogP contribution in [0, 0.1) is 5.92 Å². The molecule has 1 saturated carbocycles. The van der Waals surface area contributed by atoms with Gasteiger partial charge >= 0.3 is 0 Å². The Labute approximate surface area is 88.6 Å². The van der Waals surface area contributed by atoms with Gasteiger partial charge in [0, 0.05) is 12.5 Å². The smallest absolute Gasteiger partial charge is 0.244 e. The van der Waals surface area contributed by atoms with E-state index >= 15 is 0 Å². The zero-order chi connectivity index (χ0) is 9.83. The summed E-state index contributed by atoms with van der Waals surface area (Å²) in [5.74, 6) is 3.32. The molecule has 2 saturated heterocycles. The molecule has 0 amide bonds. The molecule has 3 fully saturated rings. The second-order valence-corrected chi connectivity index (χ2v) is 5.17. The van der Waals surface area contributed by atoms with Crippen LogP contribution in [0.2, 0.25) is 0 Å². The first-order valence-electron chi connectivity index (χ1n) is 5.98. The molecule has 2 aliphatic heterocycles. The molecule has 80 valence electrons. The number of aromatic nitrogens is 2. The maximum absolute atomic E-state index is 5.40. The lowest BCUT2D eigenvalue weighted by Crippen LogP contribution is -2.22. The van der Waals surface area contributed by atoms with Gasteiger partial charge in [0.1, 0.15) is 0 Å². The highest BCUT2D eigenvalue weighted by Gasteiger charge is 2.41. The molecule has 0 aromatic carbocycles. The van der Waals surface area contributed by atoms with E-state index in [9.17, 15) is 0 Å². The molecular weight excluding hydrogens is 190 g/mol. The van der Waals surface area contributed by atoms with E-state index in [0.29, 0.717) is 12.0 Å². The SMILES string of the molecule is C1CN2CC1CC2c1nc(C2CC2)no1. The van der Waals surface area contributed by atoms with Crippen LogP contribution in [-0.2, 0) is 0 Å². The van der Waals surface area contributed by atoms with E-state index in [4.69, 9.17) is 4.52 Å². The van der Waals surface area contributed by atoms with Crippen LogP contribution in [0.4, 0.5) is 0 Å². The molecule has 0 N–H and O–H groups in total. The maximum atomic E-state index is 5.40. The minimum atomic E-state index is 0.434. The Bertz CT molecular complexity index is 385. The number of rotatable bonds is 2. The first kappa shape index (κ1) is 8.28. The summed E-state index contributed by atoms with van der Waals surface area (Å²) in [5.41, 5.74) is 0. The molecule has 3 unspecified atom stereocenters. The molecule has 3 aliphatic rings. The van der Waals surface area contributed by atoms with Crippen LogP contribution in [-0.4, -0.2) is 28.1 Å². The summed E-state index contributed by atoms with van der Waals surface area (Å²) >= 11 is 0. The number of nitrogens with zero attached hydrogens (tertiary/aromatic N) is 3. The number of hydrogen-bond donors (Lipinski definition) is 0. The van der Waals surface area contributed by atoms with E-state index in [-0.39, 0.29) is 0 Å². The molecule has 1 aromatic heterocycles. The van der Waals surface area contributed by atoms with Crippen LogP contribution in [0.3, 0.4) is 0 Å². The molecule has 0 spiro atoms. The van der Waals surface area contributed by atoms with E-state index in [1.807, 2.05) is 0 Å². The summed E-state index contributed by atoms with van der Waals surface area (Å²) in [6.45, 7) is 2.46. The highest BCUT2D eigenvalue weighted by atomic mass is 16.5. The fraction of sp³-hybridized carbons (Fsp3) is 0.818. The Morgan fingerprint density at radius 1 is 1.27 bits per heavy atom. The zero-order valence-electron chi connectivity index (χ0n) is 8.72. The largest absolute Gasteiger partial charge is 0.338 e. The van der Waals surface area contributed by atoms with Crippen LogP contribution < -0.4 is 0 Å². The Hall–Kier alpha value is -0.900. The zero-order valence-corrected chi connectivity index (χ0v) is 8.72. The first-order chi connectivity index (χ1) is 7.40. The van der Waals surface area contributed by atoms with Crippen molar-refractivity contribution in [3.8, 4) is 0 Å². The Kier molecular flexibility index (Phi) is 1.55. The van der Waals surface area contributed by atoms with Gasteiger partial charge in [-0.3, -0.25) is 4.90 Å². The second kappa shape index (κ2) is 2.82. The molecule has 15 heavy (non-hydrogen) atoms. The van der Waals surface area contributed by atoms with Gasteiger partial charge in [-0.05, 0) is 38.1 Å². The van der Waals surface area contributed by atoms with Crippen molar-refractivity contribution in [3.63, 3.8) is 0 Å². The Morgan fingerprint density at radius 2 is 2.20 bits per heavy atom. The van der Waals surface area contributed by atoms with Gasteiger partial charge < -0.3 is 4.52 Å². The predicted molar refractivity (Wildman–Crippen MR) is 53.3 cm³/mol. The second-order valence-electron chi connectivity index (χ2n) is 5.17. The van der Waals surface area contributed by atoms with Crippen LogP contribution >= 0.6 is 0 Å². The molecule has 3 heterocycles.